The van der Waals surface area contributed by atoms with Crippen LogP contribution in [-0.4, -0.2) is 49.3 Å². The summed E-state index contributed by atoms with van der Waals surface area (Å²) in [6.07, 6.45) is -10.5. The Morgan fingerprint density at radius 1 is 1.06 bits per heavy atom. The summed E-state index contributed by atoms with van der Waals surface area (Å²) >= 11 is 0. The van der Waals surface area contributed by atoms with Crippen molar-refractivity contribution in [2.24, 2.45) is 0 Å². The maximum absolute atomic E-state index is 13.8. The number of carbonyl (C=O) groups excluding carboxylic acids is 1. The Morgan fingerprint density at radius 3 is 2.24 bits per heavy atom. The van der Waals surface area contributed by atoms with E-state index < -0.39 is 36.4 Å². The zero-order valence-electron chi connectivity index (χ0n) is 18.2. The van der Waals surface area contributed by atoms with E-state index in [2.05, 4.69) is 24.2 Å². The van der Waals surface area contributed by atoms with Gasteiger partial charge in [-0.05, 0) is 18.6 Å². The minimum atomic E-state index is -5.92. The predicted octanol–water partition coefficient (Wildman–Crippen LogP) is 4.53. The Balaban J connectivity index is 2.64. The first-order chi connectivity index (χ1) is 15.8. The van der Waals surface area contributed by atoms with Crippen molar-refractivity contribution in [3.63, 3.8) is 0 Å². The number of esters is 1. The monoisotopic (exact) mass is 497 g/mol. The molecule has 0 aliphatic carbocycles. The Morgan fingerprint density at radius 2 is 1.71 bits per heavy atom. The van der Waals surface area contributed by atoms with Crippen molar-refractivity contribution in [2.75, 3.05) is 26.7 Å². The molecule has 2 aromatic rings. The van der Waals surface area contributed by atoms with E-state index in [0.717, 1.165) is 32.5 Å². The largest absolute Gasteiger partial charge is 0.464 e. The number of hydrogen-bond acceptors (Lipinski definition) is 8. The summed E-state index contributed by atoms with van der Waals surface area (Å²) in [5.74, 6) is -1.12. The second-order valence-electron chi connectivity index (χ2n) is 6.82. The third-order valence-electron chi connectivity index (χ3n) is 4.48. The standard InChI is InChI=1S/C20H21F6N3O5/c1-4-5-12-14(34-15-8-13(17(30)32-3)28-9-11(15)27)6-7-16(29-12)18(19(21,22)23,20(24,25)26)33-10-31-2/h6-9H,4-5,10,27H2,1-3H3. The molecule has 2 heterocycles. The van der Waals surface area contributed by atoms with Crippen molar-refractivity contribution in [3.05, 3.63) is 41.5 Å². The van der Waals surface area contributed by atoms with Gasteiger partial charge in [-0.15, -0.1) is 0 Å². The molecule has 0 spiro atoms. The van der Waals surface area contributed by atoms with Crippen LogP contribution in [-0.2, 0) is 26.2 Å². The lowest BCUT2D eigenvalue weighted by molar-refractivity contribution is -0.401. The normalized spacial score (nSPS) is 12.5. The number of alkyl halides is 6. The fraction of sp³-hybridized carbons (Fsp3) is 0.450. The highest BCUT2D eigenvalue weighted by Gasteiger charge is 2.74. The molecule has 34 heavy (non-hydrogen) atoms. The number of aromatic nitrogens is 2. The van der Waals surface area contributed by atoms with Crippen molar-refractivity contribution in [1.82, 2.24) is 9.97 Å². The molecule has 2 aromatic heterocycles. The zero-order valence-corrected chi connectivity index (χ0v) is 18.2. The number of anilines is 1. The number of hydrogen-bond donors (Lipinski definition) is 1. The van der Waals surface area contributed by atoms with E-state index in [1.54, 1.807) is 6.92 Å². The molecule has 14 heteroatoms. The van der Waals surface area contributed by atoms with E-state index in [1.807, 2.05) is 0 Å². The average molecular weight is 497 g/mol. The van der Waals surface area contributed by atoms with Crippen LogP contribution in [0.15, 0.2) is 24.4 Å². The number of pyridine rings is 2. The molecule has 0 fully saturated rings. The topological polar surface area (TPSA) is 106 Å². The minimum absolute atomic E-state index is 0.0475. The second kappa shape index (κ2) is 10.4. The number of rotatable bonds is 9. The highest BCUT2D eigenvalue weighted by atomic mass is 19.4. The van der Waals surface area contributed by atoms with Crippen molar-refractivity contribution in [3.8, 4) is 11.5 Å². The first-order valence-electron chi connectivity index (χ1n) is 9.60. The van der Waals surface area contributed by atoms with E-state index in [4.69, 9.17) is 10.5 Å². The molecule has 0 saturated carbocycles. The molecule has 0 aliphatic heterocycles. The number of nitrogen functional groups attached to an aromatic ring is 1. The van der Waals surface area contributed by atoms with Gasteiger partial charge in [0.2, 0.25) is 0 Å². The molecule has 0 unspecified atom stereocenters. The van der Waals surface area contributed by atoms with Gasteiger partial charge in [0.15, 0.2) is 11.4 Å². The molecular formula is C20H21F6N3O5. The molecule has 0 radical (unpaired) electrons. The summed E-state index contributed by atoms with van der Waals surface area (Å²) in [5, 5.41) is 0. The number of carbonyl (C=O) groups is 1. The van der Waals surface area contributed by atoms with E-state index in [1.165, 1.54) is 0 Å². The summed E-state index contributed by atoms with van der Waals surface area (Å²) < 4.78 is 102. The molecule has 2 rings (SSSR count). The lowest BCUT2D eigenvalue weighted by Gasteiger charge is -2.36. The maximum atomic E-state index is 13.8. The molecule has 8 nitrogen and oxygen atoms in total. The Labute approximate surface area is 190 Å². The van der Waals surface area contributed by atoms with Gasteiger partial charge in [-0.25, -0.2) is 9.78 Å². The predicted molar refractivity (Wildman–Crippen MR) is 105 cm³/mol. The number of methoxy groups -OCH3 is 2. The fourth-order valence-corrected chi connectivity index (χ4v) is 2.90. The van der Waals surface area contributed by atoms with Gasteiger partial charge in [0.05, 0.1) is 30.4 Å². The van der Waals surface area contributed by atoms with Crippen LogP contribution in [0.1, 0.15) is 35.2 Å². The van der Waals surface area contributed by atoms with Crippen molar-refractivity contribution in [2.45, 2.75) is 37.7 Å². The third-order valence-corrected chi connectivity index (χ3v) is 4.48. The van der Waals surface area contributed by atoms with Crippen LogP contribution in [0, 0.1) is 0 Å². The van der Waals surface area contributed by atoms with E-state index in [9.17, 15) is 31.1 Å². The summed E-state index contributed by atoms with van der Waals surface area (Å²) in [6.45, 7) is 0.336. The Kier molecular flexibility index (Phi) is 8.31. The second-order valence-corrected chi connectivity index (χ2v) is 6.82. The van der Waals surface area contributed by atoms with Crippen molar-refractivity contribution in [1.29, 1.82) is 0 Å². The number of ether oxygens (including phenoxy) is 4. The maximum Gasteiger partial charge on any atom is 0.432 e. The molecule has 0 amide bonds. The molecule has 0 aliphatic rings. The fourth-order valence-electron chi connectivity index (χ4n) is 2.90. The van der Waals surface area contributed by atoms with E-state index in [0.29, 0.717) is 12.5 Å². The summed E-state index contributed by atoms with van der Waals surface area (Å²) in [7, 11) is 1.99. The number of nitrogens with two attached hydrogens (primary N) is 1. The third kappa shape index (κ3) is 5.33. The summed E-state index contributed by atoms with van der Waals surface area (Å²) in [5.41, 5.74) is -0.878. The molecule has 0 bridgehead atoms. The van der Waals surface area contributed by atoms with Gasteiger partial charge in [0, 0.05) is 13.2 Å². The van der Waals surface area contributed by atoms with Gasteiger partial charge < -0.3 is 24.7 Å². The molecule has 0 atom stereocenters. The quantitative estimate of drug-likeness (QED) is 0.306. The lowest BCUT2D eigenvalue weighted by atomic mass is 9.96. The number of halogens is 6. The van der Waals surface area contributed by atoms with Crippen LogP contribution in [0.5, 0.6) is 11.5 Å². The molecular weight excluding hydrogens is 476 g/mol. The Hall–Kier alpha value is -3.13. The smallest absolute Gasteiger partial charge is 0.432 e. The van der Waals surface area contributed by atoms with Crippen LogP contribution in [0.4, 0.5) is 32.0 Å². The SMILES string of the molecule is CCCc1nc(C(OCOC)(C(F)(F)F)C(F)(F)F)ccc1Oc1cc(C(=O)OC)ncc1N. The summed E-state index contributed by atoms with van der Waals surface area (Å²) in [4.78, 5) is 19.1. The Bertz CT molecular complexity index is 999. The zero-order chi connectivity index (χ0) is 25.7. The van der Waals surface area contributed by atoms with Crippen LogP contribution < -0.4 is 10.5 Å². The van der Waals surface area contributed by atoms with Crippen LogP contribution in [0.2, 0.25) is 0 Å². The summed E-state index contributed by atoms with van der Waals surface area (Å²) in [6, 6.07) is 2.49. The highest BCUT2D eigenvalue weighted by molar-refractivity contribution is 5.88. The molecule has 2 N–H and O–H groups in total. The van der Waals surface area contributed by atoms with Gasteiger partial charge in [0.25, 0.3) is 0 Å². The van der Waals surface area contributed by atoms with Gasteiger partial charge in [0.1, 0.15) is 12.5 Å². The number of nitrogens with zero attached hydrogens (tertiary/aromatic N) is 2. The van der Waals surface area contributed by atoms with Crippen molar-refractivity contribution >= 4 is 11.7 Å². The van der Waals surface area contributed by atoms with E-state index >= 15 is 0 Å². The highest BCUT2D eigenvalue weighted by Crippen LogP contribution is 2.52. The van der Waals surface area contributed by atoms with Gasteiger partial charge in [-0.1, -0.05) is 13.3 Å². The van der Waals surface area contributed by atoms with Gasteiger partial charge >= 0.3 is 23.9 Å². The minimum Gasteiger partial charge on any atom is -0.464 e. The number of aryl methyl sites for hydroxylation is 1. The molecule has 0 saturated heterocycles. The van der Waals surface area contributed by atoms with Gasteiger partial charge in [-0.3, -0.25) is 4.98 Å². The average Bonchev–Trinajstić information content (AvgIpc) is 2.75. The first-order valence-corrected chi connectivity index (χ1v) is 9.60. The van der Waals surface area contributed by atoms with Crippen LogP contribution in [0.3, 0.4) is 0 Å². The first kappa shape index (κ1) is 27.1. The van der Waals surface area contributed by atoms with Crippen molar-refractivity contribution < 1.29 is 50.1 Å². The lowest BCUT2D eigenvalue weighted by Crippen LogP contribution is -2.56. The molecule has 0 aromatic carbocycles. The van der Waals surface area contributed by atoms with E-state index in [-0.39, 0.29) is 35.0 Å². The molecule has 188 valence electrons. The van der Waals surface area contributed by atoms with Crippen LogP contribution >= 0.6 is 0 Å². The van der Waals surface area contributed by atoms with Crippen LogP contribution in [0.25, 0.3) is 0 Å². The van der Waals surface area contributed by atoms with Gasteiger partial charge in [-0.2, -0.15) is 26.3 Å².